The normalized spacial score (nSPS) is 10.5. The van der Waals surface area contributed by atoms with Gasteiger partial charge in [0.2, 0.25) is 0 Å². The number of carbonyl (C=O) groups is 2. The van der Waals surface area contributed by atoms with Gasteiger partial charge in [-0.15, -0.1) is 10.2 Å². The Labute approximate surface area is 124 Å². The predicted molar refractivity (Wildman–Crippen MR) is 79.4 cm³/mol. The lowest BCUT2D eigenvalue weighted by atomic mass is 10.2. The van der Waals surface area contributed by atoms with E-state index in [1.165, 1.54) is 0 Å². The van der Waals surface area contributed by atoms with E-state index in [0.29, 0.717) is 25.3 Å². The molecule has 0 aliphatic heterocycles. The highest BCUT2D eigenvalue weighted by atomic mass is 16.4. The van der Waals surface area contributed by atoms with Crippen LogP contribution < -0.4 is 10.2 Å². The van der Waals surface area contributed by atoms with Crippen LogP contribution in [0.3, 0.4) is 0 Å². The molecule has 1 amide bonds. The second-order valence-corrected chi connectivity index (χ2v) is 4.92. The van der Waals surface area contributed by atoms with Crippen LogP contribution in [-0.2, 0) is 4.79 Å². The van der Waals surface area contributed by atoms with Crippen molar-refractivity contribution in [2.24, 2.45) is 0 Å². The van der Waals surface area contributed by atoms with Gasteiger partial charge >= 0.3 is 5.97 Å². The molecule has 0 aliphatic carbocycles. The van der Waals surface area contributed by atoms with Crippen LogP contribution in [0.25, 0.3) is 0 Å². The van der Waals surface area contributed by atoms with Gasteiger partial charge in [0, 0.05) is 25.6 Å². The average molecular weight is 294 g/mol. The van der Waals surface area contributed by atoms with E-state index in [1.54, 1.807) is 12.1 Å². The molecule has 0 fully saturated rings. The summed E-state index contributed by atoms with van der Waals surface area (Å²) in [5.74, 6) is -0.418. The molecular weight excluding hydrogens is 272 g/mol. The Morgan fingerprint density at radius 3 is 2.52 bits per heavy atom. The van der Waals surface area contributed by atoms with Gasteiger partial charge in [-0.2, -0.15) is 0 Å². The van der Waals surface area contributed by atoms with Gasteiger partial charge in [-0.1, -0.05) is 0 Å². The van der Waals surface area contributed by atoms with Crippen LogP contribution in [0, 0.1) is 0 Å². The molecular formula is C14H22N4O3. The number of aliphatic carboxylic acids is 1. The maximum atomic E-state index is 11.6. The van der Waals surface area contributed by atoms with Crippen LogP contribution in [0.15, 0.2) is 12.1 Å². The second-order valence-electron chi connectivity index (χ2n) is 4.92. The van der Waals surface area contributed by atoms with Crippen molar-refractivity contribution in [2.45, 2.75) is 39.7 Å². The molecule has 0 unspecified atom stereocenters. The Morgan fingerprint density at radius 1 is 1.33 bits per heavy atom. The van der Waals surface area contributed by atoms with Crippen molar-refractivity contribution in [1.29, 1.82) is 0 Å². The summed E-state index contributed by atoms with van der Waals surface area (Å²) in [7, 11) is 0. The van der Waals surface area contributed by atoms with Crippen molar-refractivity contribution in [3.05, 3.63) is 17.8 Å². The number of nitrogens with zero attached hydrogens (tertiary/aromatic N) is 3. The molecule has 7 heteroatoms. The van der Waals surface area contributed by atoms with Crippen LogP contribution in [0.2, 0.25) is 0 Å². The fraction of sp³-hybridized carbons (Fsp3) is 0.571. The van der Waals surface area contributed by atoms with Crippen LogP contribution >= 0.6 is 0 Å². The van der Waals surface area contributed by atoms with E-state index in [0.717, 1.165) is 0 Å². The average Bonchev–Trinajstić information content (AvgIpc) is 2.43. The van der Waals surface area contributed by atoms with Crippen molar-refractivity contribution >= 4 is 17.7 Å². The first-order chi connectivity index (χ1) is 9.95. The Hall–Kier alpha value is -2.18. The Balaban J connectivity index is 2.75. The van der Waals surface area contributed by atoms with Gasteiger partial charge in [-0.05, 0) is 39.3 Å². The number of rotatable bonds is 8. The number of anilines is 1. The van der Waals surface area contributed by atoms with Gasteiger partial charge < -0.3 is 15.3 Å². The van der Waals surface area contributed by atoms with E-state index in [1.807, 2.05) is 25.7 Å². The monoisotopic (exact) mass is 294 g/mol. The number of carboxylic acids is 1. The SMILES string of the molecule is CCNC(=O)c1ccc(N(CCCC(=O)O)C(C)C)nn1. The van der Waals surface area contributed by atoms with Crippen molar-refractivity contribution in [2.75, 3.05) is 18.0 Å². The van der Waals surface area contributed by atoms with Gasteiger partial charge in [0.1, 0.15) is 0 Å². The zero-order valence-electron chi connectivity index (χ0n) is 12.7. The van der Waals surface area contributed by atoms with E-state index >= 15 is 0 Å². The fourth-order valence-corrected chi connectivity index (χ4v) is 1.89. The lowest BCUT2D eigenvalue weighted by Gasteiger charge is -2.27. The molecule has 116 valence electrons. The van der Waals surface area contributed by atoms with E-state index < -0.39 is 5.97 Å². The minimum Gasteiger partial charge on any atom is -0.481 e. The van der Waals surface area contributed by atoms with Gasteiger partial charge in [-0.3, -0.25) is 9.59 Å². The summed E-state index contributed by atoms with van der Waals surface area (Å²) in [6.07, 6.45) is 0.654. The van der Waals surface area contributed by atoms with Crippen molar-refractivity contribution in [1.82, 2.24) is 15.5 Å². The van der Waals surface area contributed by atoms with Crippen molar-refractivity contribution < 1.29 is 14.7 Å². The lowest BCUT2D eigenvalue weighted by Crippen LogP contribution is -2.33. The molecule has 1 rings (SSSR count). The molecule has 0 aliphatic rings. The van der Waals surface area contributed by atoms with Gasteiger partial charge in [0.05, 0.1) is 0 Å². The second kappa shape index (κ2) is 8.18. The quantitative estimate of drug-likeness (QED) is 0.750. The molecule has 0 saturated heterocycles. The maximum absolute atomic E-state index is 11.6. The highest BCUT2D eigenvalue weighted by molar-refractivity contribution is 5.92. The highest BCUT2D eigenvalue weighted by Crippen LogP contribution is 2.14. The smallest absolute Gasteiger partial charge is 0.303 e. The first kappa shape index (κ1) is 16.9. The third-order valence-electron chi connectivity index (χ3n) is 2.93. The number of hydrogen-bond acceptors (Lipinski definition) is 5. The van der Waals surface area contributed by atoms with E-state index in [9.17, 15) is 9.59 Å². The fourth-order valence-electron chi connectivity index (χ4n) is 1.89. The molecule has 0 bridgehead atoms. The molecule has 2 N–H and O–H groups in total. The molecule has 0 radical (unpaired) electrons. The summed E-state index contributed by atoms with van der Waals surface area (Å²) >= 11 is 0. The number of carboxylic acid groups (broad SMARTS) is 1. The largest absolute Gasteiger partial charge is 0.481 e. The zero-order valence-corrected chi connectivity index (χ0v) is 12.7. The molecule has 7 nitrogen and oxygen atoms in total. The maximum Gasteiger partial charge on any atom is 0.303 e. The zero-order chi connectivity index (χ0) is 15.8. The molecule has 1 aromatic heterocycles. The first-order valence-electron chi connectivity index (χ1n) is 7.06. The summed E-state index contributed by atoms with van der Waals surface area (Å²) in [4.78, 5) is 24.2. The van der Waals surface area contributed by atoms with Crippen LogP contribution in [0.4, 0.5) is 5.82 Å². The molecule has 1 heterocycles. The van der Waals surface area contributed by atoms with Crippen molar-refractivity contribution in [3.8, 4) is 0 Å². The lowest BCUT2D eigenvalue weighted by molar-refractivity contribution is -0.137. The summed E-state index contributed by atoms with van der Waals surface area (Å²) in [5, 5.41) is 19.3. The van der Waals surface area contributed by atoms with Gasteiger partial charge in [-0.25, -0.2) is 0 Å². The molecule has 21 heavy (non-hydrogen) atoms. The minimum atomic E-state index is -0.809. The van der Waals surface area contributed by atoms with Crippen molar-refractivity contribution in [3.63, 3.8) is 0 Å². The molecule has 0 saturated carbocycles. The topological polar surface area (TPSA) is 95.4 Å². The molecule has 1 aromatic rings. The Bertz CT molecular complexity index is 474. The third-order valence-corrected chi connectivity index (χ3v) is 2.93. The summed E-state index contributed by atoms with van der Waals surface area (Å²) in [6.45, 7) is 6.96. The van der Waals surface area contributed by atoms with Gasteiger partial charge in [0.25, 0.3) is 5.91 Å². The third kappa shape index (κ3) is 5.37. The van der Waals surface area contributed by atoms with E-state index in [4.69, 9.17) is 5.11 Å². The molecule has 0 atom stereocenters. The van der Waals surface area contributed by atoms with Crippen LogP contribution in [0.1, 0.15) is 44.1 Å². The summed E-state index contributed by atoms with van der Waals surface area (Å²) in [6, 6.07) is 3.53. The summed E-state index contributed by atoms with van der Waals surface area (Å²) in [5.41, 5.74) is 0.273. The Kier molecular flexibility index (Phi) is 6.58. The predicted octanol–water partition coefficient (Wildman–Crippen LogP) is 1.31. The number of aromatic nitrogens is 2. The first-order valence-corrected chi connectivity index (χ1v) is 7.06. The standard InChI is InChI=1S/C14H22N4O3/c1-4-15-14(21)11-7-8-12(17-16-11)18(10(2)3)9-5-6-13(19)20/h7-8,10H,4-6,9H2,1-3H3,(H,15,21)(H,19,20). The van der Waals surface area contributed by atoms with Gasteiger partial charge in [0.15, 0.2) is 11.5 Å². The van der Waals surface area contributed by atoms with E-state index in [-0.39, 0.29) is 24.1 Å². The highest BCUT2D eigenvalue weighted by Gasteiger charge is 2.14. The molecule has 0 spiro atoms. The number of hydrogen-bond donors (Lipinski definition) is 2. The summed E-state index contributed by atoms with van der Waals surface area (Å²) < 4.78 is 0. The molecule has 0 aromatic carbocycles. The number of carbonyl (C=O) groups excluding carboxylic acids is 1. The number of nitrogens with one attached hydrogen (secondary N) is 1. The Morgan fingerprint density at radius 2 is 2.05 bits per heavy atom. The van der Waals surface area contributed by atoms with E-state index in [2.05, 4.69) is 15.5 Å². The van der Waals surface area contributed by atoms with Crippen LogP contribution in [-0.4, -0.2) is 46.3 Å². The van der Waals surface area contributed by atoms with Crippen LogP contribution in [0.5, 0.6) is 0 Å². The minimum absolute atomic E-state index is 0.119. The number of amides is 1.